The molecule has 0 aromatic heterocycles. The van der Waals surface area contributed by atoms with E-state index in [1.54, 1.807) is 25.3 Å². The maximum absolute atomic E-state index is 12.2. The van der Waals surface area contributed by atoms with E-state index in [9.17, 15) is 4.79 Å². The molecule has 2 aromatic rings. The molecule has 5 heteroatoms. The summed E-state index contributed by atoms with van der Waals surface area (Å²) in [6, 6.07) is 12.7. The van der Waals surface area contributed by atoms with Gasteiger partial charge < -0.3 is 10.1 Å². The molecule has 0 saturated carbocycles. The predicted octanol–water partition coefficient (Wildman–Crippen LogP) is 4.47. The lowest BCUT2D eigenvalue weighted by Crippen LogP contribution is -2.12. The van der Waals surface area contributed by atoms with Crippen molar-refractivity contribution in [3.05, 3.63) is 57.0 Å². The minimum absolute atomic E-state index is 0.187. The van der Waals surface area contributed by atoms with Gasteiger partial charge in [0.1, 0.15) is 5.75 Å². The molecule has 0 heterocycles. The second kappa shape index (κ2) is 6.21. The van der Waals surface area contributed by atoms with E-state index in [2.05, 4.69) is 37.2 Å². The number of hydrogen-bond acceptors (Lipinski definition) is 2. The molecule has 19 heavy (non-hydrogen) atoms. The fourth-order valence-electron chi connectivity index (χ4n) is 1.54. The summed E-state index contributed by atoms with van der Waals surface area (Å²) >= 11 is 6.71. The SMILES string of the molecule is COc1ccc(Br)c(C(=O)Nc2ccc(Br)cc2)c1. The monoisotopic (exact) mass is 383 g/mol. The lowest BCUT2D eigenvalue weighted by atomic mass is 10.2. The Hall–Kier alpha value is -1.33. The van der Waals surface area contributed by atoms with E-state index in [1.807, 2.05) is 24.3 Å². The average Bonchev–Trinajstić information content (AvgIpc) is 2.42. The van der Waals surface area contributed by atoms with Gasteiger partial charge in [0.25, 0.3) is 5.91 Å². The van der Waals surface area contributed by atoms with E-state index in [0.717, 1.165) is 14.6 Å². The lowest BCUT2D eigenvalue weighted by Gasteiger charge is -2.08. The van der Waals surface area contributed by atoms with Crippen LogP contribution in [0.3, 0.4) is 0 Å². The van der Waals surface area contributed by atoms with Crippen LogP contribution in [-0.4, -0.2) is 13.0 Å². The van der Waals surface area contributed by atoms with Crippen LogP contribution in [0.2, 0.25) is 0 Å². The molecule has 2 aromatic carbocycles. The Kier molecular flexibility index (Phi) is 4.61. The smallest absolute Gasteiger partial charge is 0.256 e. The summed E-state index contributed by atoms with van der Waals surface area (Å²) in [7, 11) is 1.57. The van der Waals surface area contributed by atoms with Crippen LogP contribution >= 0.6 is 31.9 Å². The number of nitrogens with one attached hydrogen (secondary N) is 1. The van der Waals surface area contributed by atoms with Crippen LogP contribution < -0.4 is 10.1 Å². The van der Waals surface area contributed by atoms with Crippen molar-refractivity contribution in [3.8, 4) is 5.75 Å². The summed E-state index contributed by atoms with van der Waals surface area (Å²) in [4.78, 5) is 12.2. The molecule has 1 N–H and O–H groups in total. The molecule has 0 saturated heterocycles. The molecular formula is C14H11Br2NO2. The fraction of sp³-hybridized carbons (Fsp3) is 0.0714. The summed E-state index contributed by atoms with van der Waals surface area (Å²) in [6.45, 7) is 0. The maximum Gasteiger partial charge on any atom is 0.256 e. The first-order valence-electron chi connectivity index (χ1n) is 5.50. The molecule has 0 atom stereocenters. The van der Waals surface area contributed by atoms with Crippen LogP contribution in [0.4, 0.5) is 5.69 Å². The highest BCUT2D eigenvalue weighted by atomic mass is 79.9. The highest BCUT2D eigenvalue weighted by Crippen LogP contribution is 2.24. The maximum atomic E-state index is 12.2. The van der Waals surface area contributed by atoms with Crippen LogP contribution in [0.15, 0.2) is 51.4 Å². The molecule has 0 aliphatic carbocycles. The molecule has 0 radical (unpaired) electrons. The number of rotatable bonds is 3. The number of amides is 1. The van der Waals surface area contributed by atoms with E-state index < -0.39 is 0 Å². The van der Waals surface area contributed by atoms with Crippen molar-refractivity contribution in [3.63, 3.8) is 0 Å². The molecule has 98 valence electrons. The summed E-state index contributed by atoms with van der Waals surface area (Å²) in [6.07, 6.45) is 0. The minimum atomic E-state index is -0.187. The molecule has 3 nitrogen and oxygen atoms in total. The third-order valence-corrected chi connectivity index (χ3v) is 3.74. The minimum Gasteiger partial charge on any atom is -0.497 e. The first-order chi connectivity index (χ1) is 9.10. The van der Waals surface area contributed by atoms with Gasteiger partial charge in [-0.1, -0.05) is 15.9 Å². The standard InChI is InChI=1S/C14H11Br2NO2/c1-19-11-6-7-13(16)12(8-11)14(18)17-10-4-2-9(15)3-5-10/h2-8H,1H3,(H,17,18). The zero-order valence-electron chi connectivity index (χ0n) is 10.1. The number of carbonyl (C=O) groups is 1. The van der Waals surface area contributed by atoms with Crippen LogP contribution in [0, 0.1) is 0 Å². The van der Waals surface area contributed by atoms with E-state index >= 15 is 0 Å². The Morgan fingerprint density at radius 2 is 1.79 bits per heavy atom. The van der Waals surface area contributed by atoms with E-state index in [0.29, 0.717) is 11.3 Å². The Bertz CT molecular complexity index is 597. The number of halogens is 2. The first-order valence-corrected chi connectivity index (χ1v) is 7.09. The van der Waals surface area contributed by atoms with Gasteiger partial charge in [0.05, 0.1) is 12.7 Å². The van der Waals surface area contributed by atoms with Crippen LogP contribution in [0.5, 0.6) is 5.75 Å². The Balaban J connectivity index is 2.22. The molecular weight excluding hydrogens is 374 g/mol. The number of carbonyl (C=O) groups excluding carboxylic acids is 1. The van der Waals surface area contributed by atoms with Crippen molar-refractivity contribution < 1.29 is 9.53 Å². The number of benzene rings is 2. The summed E-state index contributed by atoms with van der Waals surface area (Å²) in [5.74, 6) is 0.456. The molecule has 2 rings (SSSR count). The van der Waals surface area contributed by atoms with E-state index in [-0.39, 0.29) is 5.91 Å². The van der Waals surface area contributed by atoms with Gasteiger partial charge in [-0.25, -0.2) is 0 Å². The van der Waals surface area contributed by atoms with E-state index in [4.69, 9.17) is 4.74 Å². The van der Waals surface area contributed by atoms with Gasteiger partial charge in [0.2, 0.25) is 0 Å². The van der Waals surface area contributed by atoms with Gasteiger partial charge in [-0.05, 0) is 58.4 Å². The first kappa shape index (κ1) is 14.1. The number of ether oxygens (including phenoxy) is 1. The Morgan fingerprint density at radius 3 is 2.42 bits per heavy atom. The van der Waals surface area contributed by atoms with Crippen LogP contribution in [-0.2, 0) is 0 Å². The summed E-state index contributed by atoms with van der Waals surface area (Å²) in [5, 5.41) is 2.83. The van der Waals surface area contributed by atoms with Crippen molar-refractivity contribution >= 4 is 43.5 Å². The number of anilines is 1. The van der Waals surface area contributed by atoms with Gasteiger partial charge in [-0.15, -0.1) is 0 Å². The second-order valence-corrected chi connectivity index (χ2v) is 5.58. The molecule has 0 unspecified atom stereocenters. The predicted molar refractivity (Wildman–Crippen MR) is 82.8 cm³/mol. The molecule has 0 aliphatic heterocycles. The van der Waals surface area contributed by atoms with Gasteiger partial charge in [-0.2, -0.15) is 0 Å². The summed E-state index contributed by atoms with van der Waals surface area (Å²) < 4.78 is 6.81. The molecule has 0 fully saturated rings. The van der Waals surface area contributed by atoms with E-state index in [1.165, 1.54) is 0 Å². The van der Waals surface area contributed by atoms with Gasteiger partial charge in [-0.3, -0.25) is 4.79 Å². The highest BCUT2D eigenvalue weighted by molar-refractivity contribution is 9.10. The van der Waals surface area contributed by atoms with Gasteiger partial charge in [0.15, 0.2) is 0 Å². The number of methoxy groups -OCH3 is 1. The third-order valence-electron chi connectivity index (χ3n) is 2.52. The van der Waals surface area contributed by atoms with Crippen LogP contribution in [0.1, 0.15) is 10.4 Å². The zero-order valence-corrected chi connectivity index (χ0v) is 13.3. The fourth-order valence-corrected chi connectivity index (χ4v) is 2.23. The van der Waals surface area contributed by atoms with Crippen molar-refractivity contribution in [1.82, 2.24) is 0 Å². The highest BCUT2D eigenvalue weighted by Gasteiger charge is 2.11. The Labute approximate surface area is 128 Å². The van der Waals surface area contributed by atoms with Crippen molar-refractivity contribution in [2.24, 2.45) is 0 Å². The molecule has 0 bridgehead atoms. The van der Waals surface area contributed by atoms with Crippen LogP contribution in [0.25, 0.3) is 0 Å². The Morgan fingerprint density at radius 1 is 1.11 bits per heavy atom. The molecule has 1 amide bonds. The number of hydrogen-bond donors (Lipinski definition) is 1. The van der Waals surface area contributed by atoms with Crippen molar-refractivity contribution in [1.29, 1.82) is 0 Å². The van der Waals surface area contributed by atoms with Crippen molar-refractivity contribution in [2.75, 3.05) is 12.4 Å². The summed E-state index contributed by atoms with van der Waals surface area (Å²) in [5.41, 5.74) is 1.27. The third kappa shape index (κ3) is 3.58. The molecule has 0 spiro atoms. The van der Waals surface area contributed by atoms with Crippen molar-refractivity contribution in [2.45, 2.75) is 0 Å². The topological polar surface area (TPSA) is 38.3 Å². The zero-order chi connectivity index (χ0) is 13.8. The molecule has 0 aliphatic rings. The quantitative estimate of drug-likeness (QED) is 0.847. The van der Waals surface area contributed by atoms with Gasteiger partial charge >= 0.3 is 0 Å². The lowest BCUT2D eigenvalue weighted by molar-refractivity contribution is 0.102. The largest absolute Gasteiger partial charge is 0.497 e. The normalized spacial score (nSPS) is 10.1. The van der Waals surface area contributed by atoms with Gasteiger partial charge in [0, 0.05) is 14.6 Å². The second-order valence-electron chi connectivity index (χ2n) is 3.81. The average molecular weight is 385 g/mol.